The zero-order valence-electron chi connectivity index (χ0n) is 21.6. The van der Waals surface area contributed by atoms with Gasteiger partial charge in [-0.3, -0.25) is 0 Å². The third-order valence-corrected chi connectivity index (χ3v) is 9.80. The topological polar surface area (TPSA) is 62.1 Å². The molecule has 1 saturated carbocycles. The van der Waals surface area contributed by atoms with Crippen molar-refractivity contribution in [3.8, 4) is 0 Å². The summed E-state index contributed by atoms with van der Waals surface area (Å²) in [5.41, 5.74) is -0.203. The van der Waals surface area contributed by atoms with Gasteiger partial charge in [0, 0.05) is 20.1 Å². The van der Waals surface area contributed by atoms with Gasteiger partial charge in [-0.15, -0.1) is 0 Å². The Morgan fingerprint density at radius 1 is 1.11 bits per heavy atom. The summed E-state index contributed by atoms with van der Waals surface area (Å²) in [6, 6.07) is 12.1. The molecule has 1 aliphatic rings. The van der Waals surface area contributed by atoms with Crippen molar-refractivity contribution in [1.82, 2.24) is 4.31 Å². The van der Waals surface area contributed by atoms with Gasteiger partial charge < -0.3 is 0 Å². The maximum atomic E-state index is 14.5. The Labute approximate surface area is 213 Å². The second-order valence-corrected chi connectivity index (χ2v) is 12.1. The second kappa shape index (κ2) is 10.7. The van der Waals surface area contributed by atoms with Gasteiger partial charge in [0.1, 0.15) is 11.6 Å². The quantitative estimate of drug-likeness (QED) is 0.264. The molecule has 5 nitrogen and oxygen atoms in total. The molecule has 0 heterocycles. The van der Waals surface area contributed by atoms with Crippen LogP contribution in [0.1, 0.15) is 46.1 Å². The van der Waals surface area contributed by atoms with Crippen molar-refractivity contribution in [3.63, 3.8) is 0 Å². The molecule has 0 aromatic heterocycles. The van der Waals surface area contributed by atoms with E-state index in [1.54, 1.807) is 36.4 Å². The molecule has 2 aromatic rings. The SMILES string of the molecule is C=C(/C=C(\N=N/C)c1c(F)cccc1F)C1CCC(C)(CN(CC)S(=O)(=O)c2ccccc2)C1(C)C. The molecule has 0 radical (unpaired) electrons. The fraction of sp³-hybridized carbons (Fsp3) is 0.429. The van der Waals surface area contributed by atoms with Crippen LogP contribution in [0, 0.1) is 28.4 Å². The molecule has 2 aromatic carbocycles. The number of rotatable bonds is 9. The summed E-state index contributed by atoms with van der Waals surface area (Å²) in [5, 5.41) is 7.75. The smallest absolute Gasteiger partial charge is 0.207 e. The summed E-state index contributed by atoms with van der Waals surface area (Å²) in [7, 11) is -2.21. The molecule has 1 fully saturated rings. The number of allylic oxidation sites excluding steroid dienone is 2. The maximum Gasteiger partial charge on any atom is 0.243 e. The highest BCUT2D eigenvalue weighted by molar-refractivity contribution is 7.89. The lowest BCUT2D eigenvalue weighted by atomic mass is 9.64. The summed E-state index contributed by atoms with van der Waals surface area (Å²) >= 11 is 0. The Kier molecular flexibility index (Phi) is 8.30. The lowest BCUT2D eigenvalue weighted by Gasteiger charge is -2.44. The van der Waals surface area contributed by atoms with E-state index in [0.29, 0.717) is 18.7 Å². The summed E-state index contributed by atoms with van der Waals surface area (Å²) in [4.78, 5) is 0.275. The Balaban J connectivity index is 1.92. The van der Waals surface area contributed by atoms with Gasteiger partial charge in [-0.2, -0.15) is 14.5 Å². The van der Waals surface area contributed by atoms with Gasteiger partial charge in [-0.1, -0.05) is 58.5 Å². The number of halogens is 2. The highest BCUT2D eigenvalue weighted by Gasteiger charge is 2.53. The van der Waals surface area contributed by atoms with E-state index in [2.05, 4.69) is 37.6 Å². The van der Waals surface area contributed by atoms with E-state index in [4.69, 9.17) is 0 Å². The number of benzene rings is 2. The first-order valence-electron chi connectivity index (χ1n) is 12.1. The molecular formula is C28H35F2N3O2S. The summed E-state index contributed by atoms with van der Waals surface area (Å²) in [6.45, 7) is 13.1. The minimum absolute atomic E-state index is 0.0440. The first-order valence-corrected chi connectivity index (χ1v) is 13.5. The van der Waals surface area contributed by atoms with E-state index >= 15 is 0 Å². The van der Waals surface area contributed by atoms with E-state index in [1.165, 1.54) is 29.6 Å². The van der Waals surface area contributed by atoms with Crippen molar-refractivity contribution < 1.29 is 17.2 Å². The molecule has 0 aliphatic heterocycles. The first-order chi connectivity index (χ1) is 16.9. The average Bonchev–Trinajstić information content (AvgIpc) is 3.06. The van der Waals surface area contributed by atoms with Crippen LogP contribution in [-0.2, 0) is 10.0 Å². The van der Waals surface area contributed by atoms with Crippen LogP contribution in [0.5, 0.6) is 0 Å². The van der Waals surface area contributed by atoms with E-state index in [0.717, 1.165) is 12.8 Å². The number of hydrogen-bond acceptors (Lipinski definition) is 4. The van der Waals surface area contributed by atoms with E-state index < -0.39 is 21.7 Å². The molecule has 0 spiro atoms. The third kappa shape index (κ3) is 5.20. The fourth-order valence-electron chi connectivity index (χ4n) is 5.27. The van der Waals surface area contributed by atoms with E-state index in [1.807, 2.05) is 6.92 Å². The van der Waals surface area contributed by atoms with Crippen LogP contribution < -0.4 is 0 Å². The highest BCUT2D eigenvalue weighted by Crippen LogP contribution is 2.58. The average molecular weight is 516 g/mol. The monoisotopic (exact) mass is 515 g/mol. The predicted molar refractivity (Wildman–Crippen MR) is 140 cm³/mol. The lowest BCUT2D eigenvalue weighted by Crippen LogP contribution is -2.46. The molecule has 194 valence electrons. The van der Waals surface area contributed by atoms with Gasteiger partial charge in [0.05, 0.1) is 16.2 Å². The van der Waals surface area contributed by atoms with Crippen molar-refractivity contribution in [1.29, 1.82) is 0 Å². The molecule has 8 heteroatoms. The molecule has 0 N–H and O–H groups in total. The Morgan fingerprint density at radius 2 is 1.72 bits per heavy atom. The lowest BCUT2D eigenvalue weighted by molar-refractivity contribution is 0.0803. The van der Waals surface area contributed by atoms with Crippen LogP contribution in [0.4, 0.5) is 8.78 Å². The van der Waals surface area contributed by atoms with Crippen LogP contribution >= 0.6 is 0 Å². The maximum absolute atomic E-state index is 14.5. The second-order valence-electron chi connectivity index (χ2n) is 10.1. The minimum atomic E-state index is -3.65. The van der Waals surface area contributed by atoms with Crippen molar-refractivity contribution in [2.75, 3.05) is 20.1 Å². The van der Waals surface area contributed by atoms with Gasteiger partial charge in [-0.25, -0.2) is 17.2 Å². The number of nitrogens with zero attached hydrogens (tertiary/aromatic N) is 3. The molecule has 2 atom stereocenters. The zero-order valence-corrected chi connectivity index (χ0v) is 22.4. The van der Waals surface area contributed by atoms with Crippen molar-refractivity contribution in [2.45, 2.75) is 45.4 Å². The van der Waals surface area contributed by atoms with Crippen molar-refractivity contribution >= 4 is 15.7 Å². The van der Waals surface area contributed by atoms with Gasteiger partial charge in [-0.05, 0) is 65.5 Å². The first kappa shape index (κ1) is 27.9. The molecule has 0 amide bonds. The van der Waals surface area contributed by atoms with Gasteiger partial charge in [0.25, 0.3) is 0 Å². The third-order valence-electron chi connectivity index (χ3n) is 7.87. The Hall–Kier alpha value is -2.71. The predicted octanol–water partition coefficient (Wildman–Crippen LogP) is 7.10. The Bertz CT molecular complexity index is 1250. The Morgan fingerprint density at radius 3 is 2.28 bits per heavy atom. The fourth-order valence-corrected chi connectivity index (χ4v) is 6.87. The van der Waals surface area contributed by atoms with Gasteiger partial charge in [0.15, 0.2) is 0 Å². The highest BCUT2D eigenvalue weighted by atomic mass is 32.2. The molecule has 3 rings (SSSR count). The summed E-state index contributed by atoms with van der Waals surface area (Å²) < 4.78 is 57.2. The standard InChI is InChI=1S/C28H35F2N3O2S/c1-7-33(36(34,35)21-12-9-8-10-13-21)19-28(5)17-16-22(27(28,3)4)20(2)18-25(32-31-6)26-23(29)14-11-15-24(26)30/h8-15,18,22H,2,7,16-17,19H2,1,3-6H3/b25-18-,32-31-. The van der Waals surface area contributed by atoms with Crippen LogP contribution in [-0.4, -0.2) is 32.9 Å². The molecular weight excluding hydrogens is 480 g/mol. The van der Waals surface area contributed by atoms with Crippen LogP contribution in [0.25, 0.3) is 5.70 Å². The molecule has 0 bridgehead atoms. The summed E-state index contributed by atoms with van der Waals surface area (Å²) in [5.74, 6) is -1.49. The number of sulfonamides is 1. The van der Waals surface area contributed by atoms with Crippen molar-refractivity contribution in [3.05, 3.63) is 84.0 Å². The number of hydrogen-bond donors (Lipinski definition) is 0. The van der Waals surface area contributed by atoms with Gasteiger partial charge >= 0.3 is 0 Å². The van der Waals surface area contributed by atoms with E-state index in [-0.39, 0.29) is 32.9 Å². The largest absolute Gasteiger partial charge is 0.243 e. The van der Waals surface area contributed by atoms with Gasteiger partial charge in [0.2, 0.25) is 10.0 Å². The zero-order chi connectivity index (χ0) is 26.7. The minimum Gasteiger partial charge on any atom is -0.207 e. The number of azo groups is 1. The van der Waals surface area contributed by atoms with Crippen LogP contribution in [0.3, 0.4) is 0 Å². The molecule has 0 saturated heterocycles. The molecule has 2 unspecified atom stereocenters. The van der Waals surface area contributed by atoms with Crippen LogP contribution in [0.15, 0.2) is 81.9 Å². The normalized spacial score (nSPS) is 22.4. The van der Waals surface area contributed by atoms with Crippen LogP contribution in [0.2, 0.25) is 0 Å². The van der Waals surface area contributed by atoms with E-state index in [9.17, 15) is 17.2 Å². The summed E-state index contributed by atoms with van der Waals surface area (Å²) in [6.07, 6.45) is 3.14. The molecule has 1 aliphatic carbocycles. The molecule has 36 heavy (non-hydrogen) atoms. The van der Waals surface area contributed by atoms with Crippen molar-refractivity contribution in [2.24, 2.45) is 27.0 Å².